The van der Waals surface area contributed by atoms with Crippen LogP contribution in [0.2, 0.25) is 5.15 Å². The van der Waals surface area contributed by atoms with Gasteiger partial charge < -0.3 is 5.32 Å². The van der Waals surface area contributed by atoms with Crippen molar-refractivity contribution in [3.63, 3.8) is 0 Å². The predicted molar refractivity (Wildman–Crippen MR) is 58.6 cm³/mol. The van der Waals surface area contributed by atoms with Gasteiger partial charge in [0.1, 0.15) is 5.15 Å². The molecule has 1 saturated heterocycles. The lowest BCUT2D eigenvalue weighted by Crippen LogP contribution is -2.26. The standard InChI is InChI=1S/C11H15ClN2/c1-8-6-9(7-11(12)14-8)10-4-2-3-5-13-10/h6-7,10,13H,2-5H2,1H3/t10-/m0/s1. The summed E-state index contributed by atoms with van der Waals surface area (Å²) in [6.45, 7) is 3.10. The third-order valence-electron chi connectivity index (χ3n) is 2.66. The molecule has 2 rings (SSSR count). The third-order valence-corrected chi connectivity index (χ3v) is 2.85. The normalized spacial score (nSPS) is 22.3. The van der Waals surface area contributed by atoms with Crippen LogP contribution in [-0.2, 0) is 0 Å². The molecule has 0 aromatic carbocycles. The summed E-state index contributed by atoms with van der Waals surface area (Å²) in [4.78, 5) is 4.17. The molecule has 2 nitrogen and oxygen atoms in total. The zero-order chi connectivity index (χ0) is 9.97. The largest absolute Gasteiger partial charge is 0.310 e. The molecule has 0 radical (unpaired) electrons. The number of aryl methyl sites for hydroxylation is 1. The van der Waals surface area contributed by atoms with Gasteiger partial charge in [-0.25, -0.2) is 4.98 Å². The number of nitrogens with zero attached hydrogens (tertiary/aromatic N) is 1. The highest BCUT2D eigenvalue weighted by Crippen LogP contribution is 2.24. The highest BCUT2D eigenvalue weighted by Gasteiger charge is 2.15. The Morgan fingerprint density at radius 3 is 2.93 bits per heavy atom. The lowest BCUT2D eigenvalue weighted by molar-refractivity contribution is 0.412. The van der Waals surface area contributed by atoms with Gasteiger partial charge in [-0.3, -0.25) is 0 Å². The molecule has 0 amide bonds. The van der Waals surface area contributed by atoms with Crippen LogP contribution in [-0.4, -0.2) is 11.5 Å². The van der Waals surface area contributed by atoms with Crippen LogP contribution < -0.4 is 5.32 Å². The summed E-state index contributed by atoms with van der Waals surface area (Å²) in [7, 11) is 0. The van der Waals surface area contributed by atoms with Crippen molar-refractivity contribution >= 4 is 11.6 Å². The van der Waals surface area contributed by atoms with Gasteiger partial charge in [0.05, 0.1) is 0 Å². The zero-order valence-corrected chi connectivity index (χ0v) is 9.14. The number of piperidine rings is 1. The molecule has 1 aromatic heterocycles. The first-order valence-electron chi connectivity index (χ1n) is 5.13. The van der Waals surface area contributed by atoms with Crippen molar-refractivity contribution in [3.8, 4) is 0 Å². The average molecular weight is 211 g/mol. The second-order valence-corrected chi connectivity index (χ2v) is 4.25. The second kappa shape index (κ2) is 4.28. The minimum absolute atomic E-state index is 0.475. The number of hydrogen-bond acceptors (Lipinski definition) is 2. The van der Waals surface area contributed by atoms with E-state index in [2.05, 4.69) is 16.4 Å². The molecule has 0 unspecified atom stereocenters. The Bertz CT molecular complexity index is 299. The number of aromatic nitrogens is 1. The number of halogens is 1. The minimum Gasteiger partial charge on any atom is -0.310 e. The first-order chi connectivity index (χ1) is 6.75. The minimum atomic E-state index is 0.475. The number of pyridine rings is 1. The topological polar surface area (TPSA) is 24.9 Å². The first kappa shape index (κ1) is 9.94. The summed E-state index contributed by atoms with van der Waals surface area (Å²) >= 11 is 5.93. The average Bonchev–Trinajstić information content (AvgIpc) is 2.18. The highest BCUT2D eigenvalue weighted by molar-refractivity contribution is 6.29. The molecule has 0 aliphatic carbocycles. The molecular formula is C11H15ClN2. The number of nitrogens with one attached hydrogen (secondary N) is 1. The fraction of sp³-hybridized carbons (Fsp3) is 0.545. The molecule has 14 heavy (non-hydrogen) atoms. The zero-order valence-electron chi connectivity index (χ0n) is 8.39. The maximum atomic E-state index is 5.93. The number of rotatable bonds is 1. The Labute approximate surface area is 89.7 Å². The summed E-state index contributed by atoms with van der Waals surface area (Å²) in [5.74, 6) is 0. The lowest BCUT2D eigenvalue weighted by Gasteiger charge is -2.24. The Balaban J connectivity index is 2.21. The molecule has 3 heteroatoms. The van der Waals surface area contributed by atoms with E-state index in [4.69, 9.17) is 11.6 Å². The second-order valence-electron chi connectivity index (χ2n) is 3.87. The van der Waals surface area contributed by atoms with Gasteiger partial charge in [-0.1, -0.05) is 18.0 Å². The molecule has 0 spiro atoms. The maximum absolute atomic E-state index is 5.93. The van der Waals surface area contributed by atoms with Gasteiger partial charge >= 0.3 is 0 Å². The quantitative estimate of drug-likeness (QED) is 0.722. The van der Waals surface area contributed by atoms with E-state index in [0.717, 1.165) is 12.2 Å². The van der Waals surface area contributed by atoms with Crippen LogP contribution in [0.15, 0.2) is 12.1 Å². The van der Waals surface area contributed by atoms with Crippen molar-refractivity contribution in [1.29, 1.82) is 0 Å². The summed E-state index contributed by atoms with van der Waals surface area (Å²) in [5.41, 5.74) is 2.28. The van der Waals surface area contributed by atoms with Gasteiger partial charge in [0.2, 0.25) is 0 Å². The van der Waals surface area contributed by atoms with Crippen molar-refractivity contribution < 1.29 is 0 Å². The van der Waals surface area contributed by atoms with Gasteiger partial charge in [-0.05, 0) is 44.0 Å². The fourth-order valence-corrected chi connectivity index (χ4v) is 2.25. The summed E-state index contributed by atoms with van der Waals surface area (Å²) in [6, 6.07) is 4.56. The van der Waals surface area contributed by atoms with E-state index in [1.807, 2.05) is 13.0 Å². The lowest BCUT2D eigenvalue weighted by atomic mass is 9.98. The van der Waals surface area contributed by atoms with Crippen molar-refractivity contribution in [3.05, 3.63) is 28.5 Å². The van der Waals surface area contributed by atoms with E-state index >= 15 is 0 Å². The summed E-state index contributed by atoms with van der Waals surface area (Å²) in [6.07, 6.45) is 3.80. The van der Waals surface area contributed by atoms with Crippen LogP contribution in [0.1, 0.15) is 36.6 Å². The molecule has 0 saturated carbocycles. The molecule has 1 N–H and O–H groups in total. The van der Waals surface area contributed by atoms with E-state index in [0.29, 0.717) is 11.2 Å². The van der Waals surface area contributed by atoms with Crippen LogP contribution >= 0.6 is 11.6 Å². The Morgan fingerprint density at radius 1 is 1.43 bits per heavy atom. The van der Waals surface area contributed by atoms with E-state index < -0.39 is 0 Å². The molecule has 1 aliphatic heterocycles. The highest BCUT2D eigenvalue weighted by atomic mass is 35.5. The molecule has 1 aromatic rings. The van der Waals surface area contributed by atoms with Crippen LogP contribution in [0.4, 0.5) is 0 Å². The molecule has 0 bridgehead atoms. The van der Waals surface area contributed by atoms with Crippen LogP contribution in [0.3, 0.4) is 0 Å². The molecular weight excluding hydrogens is 196 g/mol. The van der Waals surface area contributed by atoms with E-state index in [9.17, 15) is 0 Å². The Kier molecular flexibility index (Phi) is 3.04. The summed E-state index contributed by atoms with van der Waals surface area (Å²) < 4.78 is 0. The van der Waals surface area contributed by atoms with Gasteiger partial charge in [0.15, 0.2) is 0 Å². The number of hydrogen-bond donors (Lipinski definition) is 1. The first-order valence-corrected chi connectivity index (χ1v) is 5.51. The van der Waals surface area contributed by atoms with E-state index in [-0.39, 0.29) is 0 Å². The molecule has 76 valence electrons. The van der Waals surface area contributed by atoms with Gasteiger partial charge in [0.25, 0.3) is 0 Å². The van der Waals surface area contributed by atoms with Crippen LogP contribution in [0, 0.1) is 6.92 Å². The molecule has 1 fully saturated rings. The van der Waals surface area contributed by atoms with Crippen LogP contribution in [0.5, 0.6) is 0 Å². The predicted octanol–water partition coefficient (Wildman–Crippen LogP) is 2.86. The van der Waals surface area contributed by atoms with Gasteiger partial charge in [0, 0.05) is 11.7 Å². The van der Waals surface area contributed by atoms with Crippen molar-refractivity contribution in [1.82, 2.24) is 10.3 Å². The fourth-order valence-electron chi connectivity index (χ4n) is 1.99. The Hall–Kier alpha value is -0.600. The van der Waals surface area contributed by atoms with Gasteiger partial charge in [-0.2, -0.15) is 0 Å². The SMILES string of the molecule is Cc1cc([C@@H]2CCCCN2)cc(Cl)n1. The van der Waals surface area contributed by atoms with Crippen molar-refractivity contribution in [2.24, 2.45) is 0 Å². The molecule has 1 atom stereocenters. The van der Waals surface area contributed by atoms with Crippen molar-refractivity contribution in [2.45, 2.75) is 32.2 Å². The van der Waals surface area contributed by atoms with E-state index in [1.165, 1.54) is 24.8 Å². The summed E-state index contributed by atoms with van der Waals surface area (Å²) in [5, 5.41) is 4.11. The maximum Gasteiger partial charge on any atom is 0.129 e. The van der Waals surface area contributed by atoms with Crippen molar-refractivity contribution in [2.75, 3.05) is 6.54 Å². The monoisotopic (exact) mass is 210 g/mol. The molecule has 2 heterocycles. The smallest absolute Gasteiger partial charge is 0.129 e. The van der Waals surface area contributed by atoms with E-state index in [1.54, 1.807) is 0 Å². The molecule has 1 aliphatic rings. The van der Waals surface area contributed by atoms with Crippen LogP contribution in [0.25, 0.3) is 0 Å². The van der Waals surface area contributed by atoms with Gasteiger partial charge in [-0.15, -0.1) is 0 Å². The Morgan fingerprint density at radius 2 is 2.29 bits per heavy atom. The third kappa shape index (κ3) is 2.25.